The number of anilines is 2. The first-order chi connectivity index (χ1) is 10.5. The maximum absolute atomic E-state index is 13.8. The zero-order valence-electron chi connectivity index (χ0n) is 13.5. The topological polar surface area (TPSA) is 36.4 Å². The molecule has 0 heterocycles. The van der Waals surface area contributed by atoms with Gasteiger partial charge in [-0.3, -0.25) is 0 Å². The lowest BCUT2D eigenvalue weighted by molar-refractivity contribution is 0.632. The number of aryl methyl sites for hydroxylation is 1. The quantitative estimate of drug-likeness (QED) is 0.625. The van der Waals surface area contributed by atoms with Crippen molar-refractivity contribution in [3.8, 4) is 0 Å². The van der Waals surface area contributed by atoms with Gasteiger partial charge in [-0.15, -0.1) is 0 Å². The number of nitrogens with zero attached hydrogens (tertiary/aromatic N) is 1. The number of hydrogen-bond acceptors (Lipinski definition) is 2. The molecule has 0 aliphatic heterocycles. The van der Waals surface area contributed by atoms with Crippen LogP contribution in [0.5, 0.6) is 0 Å². The Morgan fingerprint density at radius 3 is 2.50 bits per heavy atom. The second-order valence-corrected chi connectivity index (χ2v) is 5.22. The minimum atomic E-state index is -0.266. The van der Waals surface area contributed by atoms with Crippen molar-refractivity contribution in [2.75, 3.05) is 12.4 Å². The fourth-order valence-electron chi connectivity index (χ4n) is 2.25. The summed E-state index contributed by atoms with van der Waals surface area (Å²) in [6, 6.07) is 10.7. The maximum atomic E-state index is 13.8. The van der Waals surface area contributed by atoms with Crippen molar-refractivity contribution in [2.24, 2.45) is 4.99 Å². The molecule has 0 aromatic heterocycles. The molecular formula is C18H22FN3. The molecule has 0 saturated heterocycles. The molecule has 2 aromatic carbocycles. The highest BCUT2D eigenvalue weighted by molar-refractivity contribution is 5.85. The van der Waals surface area contributed by atoms with Crippen LogP contribution in [-0.2, 0) is 0 Å². The SMILES string of the molecule is CCC(=Nc1cc(C)cc(Nc2ccccc2F)c1C)NC. The molecule has 0 saturated carbocycles. The zero-order valence-corrected chi connectivity index (χ0v) is 13.5. The third-order valence-corrected chi connectivity index (χ3v) is 3.55. The Labute approximate surface area is 131 Å². The van der Waals surface area contributed by atoms with E-state index in [1.165, 1.54) is 6.07 Å². The minimum Gasteiger partial charge on any atom is -0.377 e. The van der Waals surface area contributed by atoms with Crippen LogP contribution in [0.2, 0.25) is 0 Å². The van der Waals surface area contributed by atoms with E-state index in [4.69, 9.17) is 0 Å². The molecule has 0 fully saturated rings. The Balaban J connectivity index is 2.43. The molecule has 0 aliphatic rings. The lowest BCUT2D eigenvalue weighted by Crippen LogP contribution is -2.16. The standard InChI is InChI=1S/C18H22FN3/c1-5-18(20-4)22-17-11-12(2)10-16(13(17)3)21-15-9-7-6-8-14(15)19/h6-11,21H,5H2,1-4H3,(H,20,22). The molecule has 0 aliphatic carbocycles. The van der Waals surface area contributed by atoms with Gasteiger partial charge in [0.05, 0.1) is 11.4 Å². The molecule has 22 heavy (non-hydrogen) atoms. The van der Waals surface area contributed by atoms with Crippen LogP contribution in [0, 0.1) is 19.7 Å². The summed E-state index contributed by atoms with van der Waals surface area (Å²) >= 11 is 0. The van der Waals surface area contributed by atoms with Crippen LogP contribution in [0.3, 0.4) is 0 Å². The van der Waals surface area contributed by atoms with Crippen molar-refractivity contribution in [2.45, 2.75) is 27.2 Å². The van der Waals surface area contributed by atoms with E-state index in [2.05, 4.69) is 22.5 Å². The molecule has 4 heteroatoms. The van der Waals surface area contributed by atoms with Crippen molar-refractivity contribution in [1.82, 2.24) is 5.32 Å². The molecule has 116 valence electrons. The Morgan fingerprint density at radius 1 is 1.14 bits per heavy atom. The van der Waals surface area contributed by atoms with Crippen molar-refractivity contribution >= 4 is 22.9 Å². The number of para-hydroxylation sites is 1. The van der Waals surface area contributed by atoms with Crippen LogP contribution < -0.4 is 10.6 Å². The highest BCUT2D eigenvalue weighted by Gasteiger charge is 2.08. The molecule has 2 aromatic rings. The van der Waals surface area contributed by atoms with Gasteiger partial charge in [0.1, 0.15) is 11.7 Å². The number of amidine groups is 1. The van der Waals surface area contributed by atoms with Gasteiger partial charge >= 0.3 is 0 Å². The first kappa shape index (κ1) is 16.0. The van der Waals surface area contributed by atoms with Crippen LogP contribution in [0.25, 0.3) is 0 Å². The summed E-state index contributed by atoms with van der Waals surface area (Å²) in [7, 11) is 1.87. The molecular weight excluding hydrogens is 277 g/mol. The van der Waals surface area contributed by atoms with E-state index in [-0.39, 0.29) is 5.82 Å². The number of rotatable bonds is 4. The molecule has 0 spiro atoms. The van der Waals surface area contributed by atoms with E-state index in [1.807, 2.05) is 39.1 Å². The minimum absolute atomic E-state index is 0.266. The summed E-state index contributed by atoms with van der Waals surface area (Å²) in [5.41, 5.74) is 4.31. The third kappa shape index (κ3) is 3.64. The van der Waals surface area contributed by atoms with Gasteiger partial charge < -0.3 is 10.6 Å². The van der Waals surface area contributed by atoms with Gasteiger partial charge in [-0.1, -0.05) is 19.1 Å². The molecule has 0 unspecified atom stereocenters. The first-order valence-electron chi connectivity index (χ1n) is 7.43. The Morgan fingerprint density at radius 2 is 1.86 bits per heavy atom. The van der Waals surface area contributed by atoms with Gasteiger partial charge in [-0.2, -0.15) is 0 Å². The van der Waals surface area contributed by atoms with E-state index in [0.717, 1.165) is 34.8 Å². The van der Waals surface area contributed by atoms with E-state index in [0.29, 0.717) is 5.69 Å². The van der Waals surface area contributed by atoms with Gasteiger partial charge in [0.25, 0.3) is 0 Å². The molecule has 0 atom stereocenters. The predicted molar refractivity (Wildman–Crippen MR) is 92.0 cm³/mol. The summed E-state index contributed by atoms with van der Waals surface area (Å²) < 4.78 is 13.8. The molecule has 2 rings (SSSR count). The number of benzene rings is 2. The smallest absolute Gasteiger partial charge is 0.146 e. The molecule has 0 amide bonds. The second-order valence-electron chi connectivity index (χ2n) is 5.22. The van der Waals surface area contributed by atoms with Crippen molar-refractivity contribution < 1.29 is 4.39 Å². The highest BCUT2D eigenvalue weighted by Crippen LogP contribution is 2.31. The van der Waals surface area contributed by atoms with Gasteiger partial charge in [0, 0.05) is 19.2 Å². The van der Waals surface area contributed by atoms with Crippen molar-refractivity contribution in [1.29, 1.82) is 0 Å². The highest BCUT2D eigenvalue weighted by atomic mass is 19.1. The Kier molecular flexibility index (Phi) is 5.15. The lowest BCUT2D eigenvalue weighted by atomic mass is 10.1. The summed E-state index contributed by atoms with van der Waals surface area (Å²) in [4.78, 5) is 4.65. The van der Waals surface area contributed by atoms with Crippen LogP contribution in [0.15, 0.2) is 41.4 Å². The van der Waals surface area contributed by atoms with Gasteiger partial charge in [0.15, 0.2) is 0 Å². The van der Waals surface area contributed by atoms with Crippen molar-refractivity contribution in [3.05, 3.63) is 53.3 Å². The first-order valence-corrected chi connectivity index (χ1v) is 7.43. The van der Waals surface area contributed by atoms with E-state index in [1.54, 1.807) is 12.1 Å². The predicted octanol–water partition coefficient (Wildman–Crippen LogP) is 4.85. The molecule has 0 radical (unpaired) electrons. The number of aliphatic imine (C=N–C) groups is 1. The summed E-state index contributed by atoms with van der Waals surface area (Å²) in [5, 5.41) is 6.26. The van der Waals surface area contributed by atoms with Crippen LogP contribution in [-0.4, -0.2) is 12.9 Å². The summed E-state index contributed by atoms with van der Waals surface area (Å²) in [5.74, 6) is 0.656. The van der Waals surface area contributed by atoms with Crippen LogP contribution in [0.1, 0.15) is 24.5 Å². The monoisotopic (exact) mass is 299 g/mol. The number of hydrogen-bond donors (Lipinski definition) is 2. The molecule has 2 N–H and O–H groups in total. The summed E-state index contributed by atoms with van der Waals surface area (Å²) in [6.07, 6.45) is 0.833. The zero-order chi connectivity index (χ0) is 16.1. The Hall–Kier alpha value is -2.36. The average Bonchev–Trinajstić information content (AvgIpc) is 2.51. The van der Waals surface area contributed by atoms with Crippen molar-refractivity contribution in [3.63, 3.8) is 0 Å². The fourth-order valence-corrected chi connectivity index (χ4v) is 2.25. The largest absolute Gasteiger partial charge is 0.377 e. The maximum Gasteiger partial charge on any atom is 0.146 e. The Bertz CT molecular complexity index is 687. The number of nitrogens with one attached hydrogen (secondary N) is 2. The molecule has 3 nitrogen and oxygen atoms in total. The second kappa shape index (κ2) is 7.07. The number of halogens is 1. The van der Waals surface area contributed by atoms with Gasteiger partial charge in [-0.05, 0) is 49.2 Å². The van der Waals surface area contributed by atoms with E-state index < -0.39 is 0 Å². The van der Waals surface area contributed by atoms with Crippen LogP contribution >= 0.6 is 0 Å². The summed E-state index contributed by atoms with van der Waals surface area (Å²) in [6.45, 7) is 6.05. The lowest BCUT2D eigenvalue weighted by Gasteiger charge is -2.14. The van der Waals surface area contributed by atoms with Gasteiger partial charge in [-0.25, -0.2) is 9.38 Å². The van der Waals surface area contributed by atoms with E-state index in [9.17, 15) is 4.39 Å². The molecule has 0 bridgehead atoms. The normalized spacial score (nSPS) is 11.4. The van der Waals surface area contributed by atoms with Crippen LogP contribution in [0.4, 0.5) is 21.5 Å². The van der Waals surface area contributed by atoms with E-state index >= 15 is 0 Å². The fraction of sp³-hybridized carbons (Fsp3) is 0.278. The van der Waals surface area contributed by atoms with Gasteiger partial charge in [0.2, 0.25) is 0 Å². The third-order valence-electron chi connectivity index (χ3n) is 3.55. The average molecular weight is 299 g/mol.